The fourth-order valence-corrected chi connectivity index (χ4v) is 5.97. The Labute approximate surface area is 248 Å². The van der Waals surface area contributed by atoms with Gasteiger partial charge in [-0.1, -0.05) is 88.3 Å². The molecule has 0 radical (unpaired) electrons. The minimum absolute atomic E-state index is 0.263. The van der Waals surface area contributed by atoms with Crippen LogP contribution < -0.4 is 4.74 Å². The Morgan fingerprint density at radius 2 is 1.29 bits per heavy atom. The third kappa shape index (κ3) is 11.2. The summed E-state index contributed by atoms with van der Waals surface area (Å²) in [5, 5.41) is 0. The Morgan fingerprint density at radius 1 is 0.707 bits per heavy atom. The van der Waals surface area contributed by atoms with Crippen LogP contribution in [0.15, 0.2) is 48.5 Å². The van der Waals surface area contributed by atoms with Crippen molar-refractivity contribution in [1.82, 2.24) is 0 Å². The van der Waals surface area contributed by atoms with Crippen LogP contribution in [-0.2, 0) is 19.1 Å². The van der Waals surface area contributed by atoms with Gasteiger partial charge in [0.15, 0.2) is 5.92 Å². The molecule has 0 aromatic heterocycles. The highest BCUT2D eigenvalue weighted by atomic mass is 16.6. The minimum Gasteiger partial charge on any atom is -0.494 e. The number of hydrogen-bond acceptors (Lipinski definition) is 5. The van der Waals surface area contributed by atoms with E-state index >= 15 is 0 Å². The van der Waals surface area contributed by atoms with E-state index in [0.717, 1.165) is 43.3 Å². The molecule has 1 aliphatic carbocycles. The van der Waals surface area contributed by atoms with Gasteiger partial charge in [-0.15, -0.1) is 0 Å². The molecule has 41 heavy (non-hydrogen) atoms. The zero-order valence-corrected chi connectivity index (χ0v) is 25.7. The molecular formula is C36H52O5. The molecular weight excluding hydrogens is 512 g/mol. The molecule has 0 N–H and O–H groups in total. The van der Waals surface area contributed by atoms with Crippen molar-refractivity contribution in [3.8, 4) is 16.9 Å². The number of carbonyl (C=O) groups excluding carboxylic acids is 2. The highest BCUT2D eigenvalue weighted by Crippen LogP contribution is 2.38. The van der Waals surface area contributed by atoms with Crippen molar-refractivity contribution in [2.45, 2.75) is 110 Å². The lowest BCUT2D eigenvalue weighted by atomic mass is 9.77. The second-order valence-corrected chi connectivity index (χ2v) is 11.5. The van der Waals surface area contributed by atoms with Gasteiger partial charge < -0.3 is 14.2 Å². The first kappa shape index (κ1) is 32.7. The van der Waals surface area contributed by atoms with Crippen LogP contribution in [0, 0.1) is 11.8 Å². The Morgan fingerprint density at radius 3 is 1.88 bits per heavy atom. The summed E-state index contributed by atoms with van der Waals surface area (Å²) in [6.45, 7) is 6.95. The minimum atomic E-state index is -0.819. The average Bonchev–Trinajstić information content (AvgIpc) is 2.99. The Hall–Kier alpha value is -2.82. The fraction of sp³-hybridized carbons (Fsp3) is 0.611. The standard InChI is InChI=1S/C36H52O5/c1-4-7-10-13-28-15-17-29(18-16-28)30-19-21-31(22-20-30)32-23-25-33(26-24-32)41-27-12-9-8-11-14-34(35(37)39-5-2)36(38)40-6-3/h19-26,28-29,34H,4-18,27H2,1-3H3. The molecule has 226 valence electrons. The molecule has 5 heteroatoms. The molecule has 0 heterocycles. The first-order chi connectivity index (χ1) is 20.0. The normalized spacial score (nSPS) is 16.9. The highest BCUT2D eigenvalue weighted by Gasteiger charge is 2.28. The van der Waals surface area contributed by atoms with Crippen LogP contribution in [0.25, 0.3) is 11.1 Å². The zero-order valence-electron chi connectivity index (χ0n) is 25.7. The van der Waals surface area contributed by atoms with E-state index in [4.69, 9.17) is 14.2 Å². The fourth-order valence-electron chi connectivity index (χ4n) is 5.97. The number of unbranched alkanes of at least 4 members (excludes halogenated alkanes) is 5. The SMILES string of the molecule is CCCCCC1CCC(c2ccc(-c3ccc(OCCCCCCC(C(=O)OCC)C(=O)OCC)cc3)cc2)CC1. The van der Waals surface area contributed by atoms with Gasteiger partial charge >= 0.3 is 11.9 Å². The number of esters is 2. The predicted molar refractivity (Wildman–Crippen MR) is 166 cm³/mol. The van der Waals surface area contributed by atoms with Crippen LogP contribution in [0.1, 0.15) is 116 Å². The second-order valence-electron chi connectivity index (χ2n) is 11.5. The molecule has 0 aliphatic heterocycles. The van der Waals surface area contributed by atoms with E-state index in [0.29, 0.717) is 13.0 Å². The van der Waals surface area contributed by atoms with E-state index in [1.165, 1.54) is 68.1 Å². The van der Waals surface area contributed by atoms with Crippen molar-refractivity contribution in [2.24, 2.45) is 11.8 Å². The maximum absolute atomic E-state index is 12.1. The molecule has 0 saturated heterocycles. The van der Waals surface area contributed by atoms with Crippen LogP contribution >= 0.6 is 0 Å². The van der Waals surface area contributed by atoms with Crippen LogP contribution in [0.5, 0.6) is 5.75 Å². The molecule has 3 rings (SSSR count). The van der Waals surface area contributed by atoms with Crippen LogP contribution in [0.4, 0.5) is 0 Å². The molecule has 0 atom stereocenters. The number of benzene rings is 2. The number of ether oxygens (including phenoxy) is 3. The summed E-state index contributed by atoms with van der Waals surface area (Å²) in [5.74, 6) is 0.768. The van der Waals surface area contributed by atoms with Crippen LogP contribution in [0.3, 0.4) is 0 Å². The van der Waals surface area contributed by atoms with E-state index in [1.807, 2.05) is 12.1 Å². The Kier molecular flexibility index (Phi) is 14.8. The maximum Gasteiger partial charge on any atom is 0.320 e. The van der Waals surface area contributed by atoms with E-state index in [1.54, 1.807) is 13.8 Å². The molecule has 1 aliphatic rings. The molecule has 2 aromatic carbocycles. The van der Waals surface area contributed by atoms with Gasteiger partial charge in [-0.25, -0.2) is 0 Å². The van der Waals surface area contributed by atoms with Gasteiger partial charge in [-0.2, -0.15) is 0 Å². The number of hydrogen-bond donors (Lipinski definition) is 0. The largest absolute Gasteiger partial charge is 0.494 e. The summed E-state index contributed by atoms with van der Waals surface area (Å²) in [6.07, 6.45) is 15.1. The Balaban J connectivity index is 1.34. The summed E-state index contributed by atoms with van der Waals surface area (Å²) >= 11 is 0. The first-order valence-electron chi connectivity index (χ1n) is 16.2. The predicted octanol–water partition coefficient (Wildman–Crippen LogP) is 9.28. The third-order valence-corrected chi connectivity index (χ3v) is 8.43. The van der Waals surface area contributed by atoms with Crippen molar-refractivity contribution >= 4 is 11.9 Å². The number of carbonyl (C=O) groups is 2. The summed E-state index contributed by atoms with van der Waals surface area (Å²) in [5.41, 5.74) is 3.96. The van der Waals surface area contributed by atoms with Crippen LogP contribution in [-0.4, -0.2) is 31.8 Å². The summed E-state index contributed by atoms with van der Waals surface area (Å²) < 4.78 is 16.0. The van der Waals surface area contributed by atoms with Gasteiger partial charge in [0.25, 0.3) is 0 Å². The van der Waals surface area contributed by atoms with Crippen molar-refractivity contribution in [1.29, 1.82) is 0 Å². The van der Waals surface area contributed by atoms with Crippen molar-refractivity contribution < 1.29 is 23.8 Å². The van der Waals surface area contributed by atoms with Gasteiger partial charge in [0, 0.05) is 0 Å². The highest BCUT2D eigenvalue weighted by molar-refractivity contribution is 5.94. The summed E-state index contributed by atoms with van der Waals surface area (Å²) in [6, 6.07) is 17.6. The summed E-state index contributed by atoms with van der Waals surface area (Å²) in [4.78, 5) is 24.2. The van der Waals surface area contributed by atoms with E-state index < -0.39 is 17.9 Å². The van der Waals surface area contributed by atoms with E-state index in [9.17, 15) is 9.59 Å². The molecule has 0 amide bonds. The van der Waals surface area contributed by atoms with Crippen molar-refractivity contribution in [3.05, 3.63) is 54.1 Å². The van der Waals surface area contributed by atoms with Gasteiger partial charge in [0.1, 0.15) is 5.75 Å². The number of rotatable bonds is 18. The lowest BCUT2D eigenvalue weighted by Crippen LogP contribution is -2.28. The smallest absolute Gasteiger partial charge is 0.320 e. The van der Waals surface area contributed by atoms with Crippen LogP contribution in [0.2, 0.25) is 0 Å². The van der Waals surface area contributed by atoms with Gasteiger partial charge in [-0.05, 0) is 93.0 Å². The molecule has 0 unspecified atom stereocenters. The van der Waals surface area contributed by atoms with E-state index in [2.05, 4.69) is 43.3 Å². The van der Waals surface area contributed by atoms with Crippen molar-refractivity contribution in [3.63, 3.8) is 0 Å². The third-order valence-electron chi connectivity index (χ3n) is 8.43. The van der Waals surface area contributed by atoms with Gasteiger partial charge in [-0.3, -0.25) is 9.59 Å². The topological polar surface area (TPSA) is 61.8 Å². The monoisotopic (exact) mass is 564 g/mol. The van der Waals surface area contributed by atoms with E-state index in [-0.39, 0.29) is 13.2 Å². The molecule has 0 spiro atoms. The molecule has 0 bridgehead atoms. The molecule has 1 fully saturated rings. The zero-order chi connectivity index (χ0) is 29.3. The van der Waals surface area contributed by atoms with Gasteiger partial charge in [0.2, 0.25) is 0 Å². The summed E-state index contributed by atoms with van der Waals surface area (Å²) in [7, 11) is 0. The van der Waals surface area contributed by atoms with Crippen molar-refractivity contribution in [2.75, 3.05) is 19.8 Å². The van der Waals surface area contributed by atoms with Gasteiger partial charge in [0.05, 0.1) is 19.8 Å². The second kappa shape index (κ2) is 18.6. The molecule has 5 nitrogen and oxygen atoms in total. The molecule has 2 aromatic rings. The average molecular weight is 565 g/mol. The Bertz CT molecular complexity index is 987. The first-order valence-corrected chi connectivity index (χ1v) is 16.2. The maximum atomic E-state index is 12.1. The molecule has 1 saturated carbocycles. The quantitative estimate of drug-likeness (QED) is 0.103. The lowest BCUT2D eigenvalue weighted by Gasteiger charge is -2.29. The lowest BCUT2D eigenvalue weighted by molar-refractivity contribution is -0.161.